The van der Waals surface area contributed by atoms with Gasteiger partial charge in [-0.15, -0.1) is 0 Å². The second-order valence-electron chi connectivity index (χ2n) is 3.70. The predicted molar refractivity (Wildman–Crippen MR) is 65.0 cm³/mol. The Morgan fingerprint density at radius 2 is 2.35 bits per heavy atom. The van der Waals surface area contributed by atoms with E-state index in [9.17, 15) is 9.59 Å². The Morgan fingerprint density at radius 1 is 1.65 bits per heavy atom. The Labute approximate surface area is 111 Å². The highest BCUT2D eigenvalue weighted by Gasteiger charge is 2.35. The standard InChI is InChI=1S/C10H8BrClN2O3/c11-6-2-8(13-3-7(6)12)14-4-5(10(16)17)1-9(14)15/h2-3,5H,1,4H2,(H,16,17). The van der Waals surface area contributed by atoms with E-state index in [4.69, 9.17) is 16.7 Å². The zero-order valence-electron chi connectivity index (χ0n) is 8.56. The summed E-state index contributed by atoms with van der Waals surface area (Å²) in [5.41, 5.74) is 0. The van der Waals surface area contributed by atoms with Crippen LogP contribution in [0.4, 0.5) is 5.82 Å². The lowest BCUT2D eigenvalue weighted by molar-refractivity contribution is -0.141. The van der Waals surface area contributed by atoms with Crippen LogP contribution in [0.2, 0.25) is 5.02 Å². The maximum atomic E-state index is 11.7. The van der Waals surface area contributed by atoms with Crippen LogP contribution in [0.3, 0.4) is 0 Å². The summed E-state index contributed by atoms with van der Waals surface area (Å²) < 4.78 is 0.621. The van der Waals surface area contributed by atoms with Gasteiger partial charge in [0.1, 0.15) is 5.82 Å². The number of carboxylic acids is 1. The van der Waals surface area contributed by atoms with Crippen molar-refractivity contribution in [2.24, 2.45) is 5.92 Å². The van der Waals surface area contributed by atoms with Crippen LogP contribution in [0.1, 0.15) is 6.42 Å². The fourth-order valence-corrected chi connectivity index (χ4v) is 2.06. The number of pyridine rings is 1. The van der Waals surface area contributed by atoms with Gasteiger partial charge < -0.3 is 5.11 Å². The SMILES string of the molecule is O=C(O)C1CC(=O)N(c2cc(Br)c(Cl)cn2)C1. The third kappa shape index (κ3) is 2.42. The number of halogens is 2. The molecule has 1 aliphatic heterocycles. The highest BCUT2D eigenvalue weighted by molar-refractivity contribution is 9.10. The molecule has 1 amide bonds. The first kappa shape index (κ1) is 12.3. The van der Waals surface area contributed by atoms with Gasteiger partial charge in [0.15, 0.2) is 0 Å². The Morgan fingerprint density at radius 3 is 2.88 bits per heavy atom. The molecular formula is C10H8BrClN2O3. The lowest BCUT2D eigenvalue weighted by Gasteiger charge is -2.15. The van der Waals surface area contributed by atoms with Gasteiger partial charge in [-0.25, -0.2) is 4.98 Å². The van der Waals surface area contributed by atoms with E-state index >= 15 is 0 Å². The lowest BCUT2D eigenvalue weighted by atomic mass is 10.1. The second kappa shape index (κ2) is 4.62. The number of aromatic nitrogens is 1. The summed E-state index contributed by atoms with van der Waals surface area (Å²) >= 11 is 9.03. The molecule has 7 heteroatoms. The largest absolute Gasteiger partial charge is 0.481 e. The van der Waals surface area contributed by atoms with Gasteiger partial charge in [-0.3, -0.25) is 14.5 Å². The van der Waals surface area contributed by atoms with Crippen molar-refractivity contribution in [2.75, 3.05) is 11.4 Å². The molecule has 2 heterocycles. The van der Waals surface area contributed by atoms with Gasteiger partial charge in [0, 0.05) is 23.6 Å². The monoisotopic (exact) mass is 318 g/mol. The predicted octanol–water partition coefficient (Wildman–Crippen LogP) is 1.94. The Hall–Kier alpha value is -1.14. The van der Waals surface area contributed by atoms with E-state index in [2.05, 4.69) is 20.9 Å². The molecule has 5 nitrogen and oxygen atoms in total. The summed E-state index contributed by atoms with van der Waals surface area (Å²) in [6.45, 7) is 0.148. The van der Waals surface area contributed by atoms with Crippen molar-refractivity contribution in [1.82, 2.24) is 4.98 Å². The molecule has 1 atom stereocenters. The zero-order chi connectivity index (χ0) is 12.6. The minimum absolute atomic E-state index is 0.0112. The average molecular weight is 320 g/mol. The highest BCUT2D eigenvalue weighted by atomic mass is 79.9. The van der Waals surface area contributed by atoms with E-state index < -0.39 is 11.9 Å². The molecule has 1 N–H and O–H groups in total. The number of amides is 1. The van der Waals surface area contributed by atoms with Gasteiger partial charge in [-0.05, 0) is 22.0 Å². The summed E-state index contributed by atoms with van der Waals surface area (Å²) in [6.07, 6.45) is 1.43. The fourth-order valence-electron chi connectivity index (χ4n) is 1.65. The van der Waals surface area contributed by atoms with E-state index in [0.29, 0.717) is 15.3 Å². The van der Waals surface area contributed by atoms with E-state index in [1.54, 1.807) is 6.07 Å². The molecule has 17 heavy (non-hydrogen) atoms. The van der Waals surface area contributed by atoms with Gasteiger partial charge in [-0.1, -0.05) is 11.6 Å². The first-order valence-corrected chi connectivity index (χ1v) is 6.00. The summed E-state index contributed by atoms with van der Waals surface area (Å²) in [4.78, 5) is 27.9. The van der Waals surface area contributed by atoms with Gasteiger partial charge in [0.05, 0.1) is 10.9 Å². The first-order chi connectivity index (χ1) is 7.99. The van der Waals surface area contributed by atoms with Gasteiger partial charge >= 0.3 is 5.97 Å². The molecule has 0 aromatic carbocycles. The van der Waals surface area contributed by atoms with E-state index in [0.717, 1.165) is 0 Å². The van der Waals surface area contributed by atoms with Gasteiger partial charge in [0.25, 0.3) is 0 Å². The van der Waals surface area contributed by atoms with Crippen molar-refractivity contribution in [3.05, 3.63) is 21.8 Å². The Bertz CT molecular complexity index is 494. The number of anilines is 1. The maximum Gasteiger partial charge on any atom is 0.308 e. The van der Waals surface area contributed by atoms with Crippen LogP contribution < -0.4 is 4.90 Å². The summed E-state index contributed by atoms with van der Waals surface area (Å²) in [5, 5.41) is 9.30. The fraction of sp³-hybridized carbons (Fsp3) is 0.300. The first-order valence-electron chi connectivity index (χ1n) is 4.83. The second-order valence-corrected chi connectivity index (χ2v) is 4.96. The third-order valence-corrected chi connectivity index (χ3v) is 3.73. The van der Waals surface area contributed by atoms with Crippen LogP contribution in [0, 0.1) is 5.92 Å². The average Bonchev–Trinajstić information content (AvgIpc) is 2.65. The molecule has 1 unspecified atom stereocenters. The minimum Gasteiger partial charge on any atom is -0.481 e. The molecular weight excluding hydrogens is 311 g/mol. The van der Waals surface area contributed by atoms with Crippen molar-refractivity contribution >= 4 is 45.2 Å². The van der Waals surface area contributed by atoms with Crippen LogP contribution in [-0.4, -0.2) is 28.5 Å². The minimum atomic E-state index is -0.964. The maximum absolute atomic E-state index is 11.7. The van der Waals surface area contributed by atoms with Crippen molar-refractivity contribution in [3.63, 3.8) is 0 Å². The number of carbonyl (C=O) groups excluding carboxylic acids is 1. The third-order valence-electron chi connectivity index (χ3n) is 2.54. The van der Waals surface area contributed by atoms with Crippen molar-refractivity contribution in [2.45, 2.75) is 6.42 Å². The molecule has 1 fully saturated rings. The van der Waals surface area contributed by atoms with Crippen LogP contribution in [-0.2, 0) is 9.59 Å². The van der Waals surface area contributed by atoms with Crippen LogP contribution >= 0.6 is 27.5 Å². The lowest BCUT2D eigenvalue weighted by Crippen LogP contribution is -2.26. The Kier molecular flexibility index (Phi) is 3.35. The molecule has 0 spiro atoms. The van der Waals surface area contributed by atoms with Crippen molar-refractivity contribution in [3.8, 4) is 0 Å². The van der Waals surface area contributed by atoms with Crippen molar-refractivity contribution < 1.29 is 14.7 Å². The number of carboxylic acid groups (broad SMARTS) is 1. The highest BCUT2D eigenvalue weighted by Crippen LogP contribution is 2.29. The van der Waals surface area contributed by atoms with E-state index in [1.807, 2.05) is 0 Å². The molecule has 0 radical (unpaired) electrons. The molecule has 2 rings (SSSR count). The summed E-state index contributed by atoms with van der Waals surface area (Å²) in [7, 11) is 0. The van der Waals surface area contributed by atoms with Crippen LogP contribution in [0.5, 0.6) is 0 Å². The quantitative estimate of drug-likeness (QED) is 0.904. The van der Waals surface area contributed by atoms with Crippen LogP contribution in [0.15, 0.2) is 16.7 Å². The van der Waals surface area contributed by atoms with Gasteiger partial charge in [-0.2, -0.15) is 0 Å². The smallest absolute Gasteiger partial charge is 0.308 e. The topological polar surface area (TPSA) is 70.5 Å². The normalized spacial score (nSPS) is 19.8. The van der Waals surface area contributed by atoms with E-state index in [-0.39, 0.29) is 18.9 Å². The van der Waals surface area contributed by atoms with Crippen LogP contribution in [0.25, 0.3) is 0 Å². The molecule has 1 aliphatic rings. The number of hydrogen-bond donors (Lipinski definition) is 1. The summed E-state index contributed by atoms with van der Waals surface area (Å²) in [5.74, 6) is -1.46. The summed E-state index contributed by atoms with van der Waals surface area (Å²) in [6, 6.07) is 1.60. The Balaban J connectivity index is 2.26. The number of rotatable bonds is 2. The van der Waals surface area contributed by atoms with E-state index in [1.165, 1.54) is 11.1 Å². The number of hydrogen-bond acceptors (Lipinski definition) is 3. The zero-order valence-corrected chi connectivity index (χ0v) is 10.9. The molecule has 90 valence electrons. The number of aliphatic carboxylic acids is 1. The molecule has 0 saturated carbocycles. The van der Waals surface area contributed by atoms with Gasteiger partial charge in [0.2, 0.25) is 5.91 Å². The number of carbonyl (C=O) groups is 2. The molecule has 0 aliphatic carbocycles. The molecule has 1 aromatic heterocycles. The number of nitrogens with zero attached hydrogens (tertiary/aromatic N) is 2. The molecule has 1 saturated heterocycles. The molecule has 1 aromatic rings. The molecule has 0 bridgehead atoms. The van der Waals surface area contributed by atoms with Crippen molar-refractivity contribution in [1.29, 1.82) is 0 Å².